The number of hydrogen-bond donors (Lipinski definition) is 1. The molecule has 1 aliphatic heterocycles. The lowest BCUT2D eigenvalue weighted by atomic mass is 10.1. The van der Waals surface area contributed by atoms with E-state index >= 15 is 0 Å². The molecule has 0 aromatic carbocycles. The lowest BCUT2D eigenvalue weighted by Gasteiger charge is -2.32. The Morgan fingerprint density at radius 1 is 1.06 bits per heavy atom. The summed E-state index contributed by atoms with van der Waals surface area (Å²) in [6.45, 7) is 13.3. The summed E-state index contributed by atoms with van der Waals surface area (Å²) in [4.78, 5) is 39.2. The summed E-state index contributed by atoms with van der Waals surface area (Å²) < 4.78 is 27.3. The van der Waals surface area contributed by atoms with Crippen molar-refractivity contribution in [1.29, 1.82) is 0 Å². The summed E-state index contributed by atoms with van der Waals surface area (Å²) in [6.07, 6.45) is -3.27. The van der Waals surface area contributed by atoms with Crippen molar-refractivity contribution in [1.82, 2.24) is 4.90 Å². The summed E-state index contributed by atoms with van der Waals surface area (Å²) in [7, 11) is 0. The number of amides is 2. The van der Waals surface area contributed by atoms with E-state index in [9.17, 15) is 19.5 Å². The Balaban J connectivity index is 3.17. The van der Waals surface area contributed by atoms with Gasteiger partial charge in [-0.1, -0.05) is 13.3 Å². The van der Waals surface area contributed by atoms with Gasteiger partial charge in [-0.25, -0.2) is 14.4 Å². The summed E-state index contributed by atoms with van der Waals surface area (Å²) in [6, 6.07) is -1.47. The molecule has 0 aromatic rings. The molecule has 10 nitrogen and oxygen atoms in total. The molecule has 1 N–H and O–H groups in total. The van der Waals surface area contributed by atoms with Gasteiger partial charge >= 0.3 is 18.2 Å². The van der Waals surface area contributed by atoms with Crippen LogP contribution in [0.25, 0.3) is 0 Å². The van der Waals surface area contributed by atoms with Crippen LogP contribution in [0.2, 0.25) is 0 Å². The van der Waals surface area contributed by atoms with E-state index in [0.717, 1.165) is 12.8 Å². The van der Waals surface area contributed by atoms with Gasteiger partial charge in [-0.05, 0) is 54.9 Å². The van der Waals surface area contributed by atoms with Gasteiger partial charge in [-0.2, -0.15) is 4.90 Å². The van der Waals surface area contributed by atoms with Gasteiger partial charge in [0.15, 0.2) is 6.04 Å². The number of unbranched alkanes of at least 4 members (excludes halogenated alkanes) is 1. The van der Waals surface area contributed by atoms with Crippen LogP contribution in [0.3, 0.4) is 0 Å². The van der Waals surface area contributed by atoms with Crippen molar-refractivity contribution in [3.05, 3.63) is 0 Å². The number of cyclic esters (lactones) is 1. The molecule has 0 aliphatic carbocycles. The maximum atomic E-state index is 12.9. The van der Waals surface area contributed by atoms with Crippen LogP contribution in [0.1, 0.15) is 68.2 Å². The van der Waals surface area contributed by atoms with Crippen molar-refractivity contribution in [2.45, 2.75) is 104 Å². The maximum absolute atomic E-state index is 12.9. The molecule has 0 spiro atoms. The summed E-state index contributed by atoms with van der Waals surface area (Å²) in [5.74, 6) is -0.928. The van der Waals surface area contributed by atoms with Crippen LogP contribution >= 0.6 is 0 Å². The van der Waals surface area contributed by atoms with Crippen molar-refractivity contribution >= 4 is 18.2 Å². The van der Waals surface area contributed by atoms with Crippen LogP contribution in [0.5, 0.6) is 0 Å². The Morgan fingerprint density at radius 2 is 1.59 bits per heavy atom. The van der Waals surface area contributed by atoms with Gasteiger partial charge in [0.25, 0.3) is 0 Å². The average molecular weight is 462 g/mol. The third-order valence-electron chi connectivity index (χ3n) is 4.32. The highest BCUT2D eigenvalue weighted by atomic mass is 16.6. The van der Waals surface area contributed by atoms with E-state index in [2.05, 4.69) is 0 Å². The number of esters is 1. The Labute approximate surface area is 190 Å². The first kappa shape index (κ1) is 28.1. The van der Waals surface area contributed by atoms with Crippen molar-refractivity contribution in [3.8, 4) is 0 Å². The SMILES string of the molecule is CCCCO[C@H]1COCC(N(C(=O)OC(C)(C)C)C(=O)OC(C)(C)C)C(=O)O[C@@H](C)[C@@H]1O. The third-order valence-corrected chi connectivity index (χ3v) is 4.32. The zero-order valence-corrected chi connectivity index (χ0v) is 20.5. The zero-order chi connectivity index (χ0) is 24.7. The van der Waals surface area contributed by atoms with E-state index in [-0.39, 0.29) is 13.2 Å². The van der Waals surface area contributed by atoms with E-state index in [1.165, 1.54) is 6.92 Å². The van der Waals surface area contributed by atoms with Crippen molar-refractivity contribution < 1.29 is 43.2 Å². The summed E-state index contributed by atoms with van der Waals surface area (Å²) in [5, 5.41) is 10.6. The predicted molar refractivity (Wildman–Crippen MR) is 115 cm³/mol. The van der Waals surface area contributed by atoms with Gasteiger partial charge in [0.2, 0.25) is 0 Å². The highest BCUT2D eigenvalue weighted by Gasteiger charge is 2.43. The molecule has 0 bridgehead atoms. The van der Waals surface area contributed by atoms with Gasteiger partial charge in [-0.15, -0.1) is 0 Å². The summed E-state index contributed by atoms with van der Waals surface area (Å²) in [5.41, 5.74) is -1.86. The van der Waals surface area contributed by atoms with E-state index in [0.29, 0.717) is 11.5 Å². The molecule has 0 radical (unpaired) electrons. The Kier molecular flexibility index (Phi) is 10.4. The lowest BCUT2D eigenvalue weighted by molar-refractivity contribution is -0.163. The standard InChI is InChI=1S/C22H39NO9/c1-9-10-11-29-16-13-28-12-15(18(25)30-14(2)17(16)24)23(19(26)31-21(3,4)5)20(27)32-22(6,7)8/h14-17,24H,9-13H2,1-8H3/t14-,15?,16-,17-/m0/s1. The first-order valence-corrected chi connectivity index (χ1v) is 11.0. The molecule has 186 valence electrons. The molecular formula is C22H39NO9. The summed E-state index contributed by atoms with van der Waals surface area (Å²) >= 11 is 0. The minimum atomic E-state index is -1.47. The number of aliphatic hydroxyl groups excluding tert-OH is 1. The highest BCUT2D eigenvalue weighted by molar-refractivity contribution is 5.94. The number of carbonyl (C=O) groups excluding carboxylic acids is 3. The smallest absolute Gasteiger partial charge is 0.420 e. The second-order valence-electron chi connectivity index (χ2n) is 9.78. The number of ether oxygens (including phenoxy) is 5. The van der Waals surface area contributed by atoms with Crippen LogP contribution in [0.4, 0.5) is 9.59 Å². The second-order valence-corrected chi connectivity index (χ2v) is 9.78. The van der Waals surface area contributed by atoms with Gasteiger partial charge in [0.1, 0.15) is 29.5 Å². The molecule has 1 saturated heterocycles. The van der Waals surface area contributed by atoms with Crippen molar-refractivity contribution in [2.75, 3.05) is 19.8 Å². The molecule has 1 unspecified atom stereocenters. The zero-order valence-electron chi connectivity index (χ0n) is 20.5. The van der Waals surface area contributed by atoms with Crippen LogP contribution in [0, 0.1) is 0 Å². The van der Waals surface area contributed by atoms with Crippen LogP contribution in [-0.4, -0.2) is 83.5 Å². The largest absolute Gasteiger partial charge is 0.458 e. The molecule has 0 saturated carbocycles. The fraction of sp³-hybridized carbons (Fsp3) is 0.864. The molecule has 4 atom stereocenters. The minimum absolute atomic E-state index is 0.0567. The maximum Gasteiger partial charge on any atom is 0.420 e. The quantitative estimate of drug-likeness (QED) is 0.374. The monoisotopic (exact) mass is 461 g/mol. The van der Waals surface area contributed by atoms with E-state index in [1.54, 1.807) is 41.5 Å². The highest BCUT2D eigenvalue weighted by Crippen LogP contribution is 2.20. The molecule has 32 heavy (non-hydrogen) atoms. The normalized spacial score (nSPS) is 25.1. The average Bonchev–Trinajstić information content (AvgIpc) is 2.65. The molecular weight excluding hydrogens is 422 g/mol. The fourth-order valence-electron chi connectivity index (χ4n) is 2.75. The van der Waals surface area contributed by atoms with Crippen LogP contribution < -0.4 is 0 Å². The van der Waals surface area contributed by atoms with Gasteiger partial charge in [0, 0.05) is 6.61 Å². The number of aliphatic hydroxyl groups is 1. The van der Waals surface area contributed by atoms with E-state index in [4.69, 9.17) is 23.7 Å². The topological polar surface area (TPSA) is 121 Å². The first-order valence-electron chi connectivity index (χ1n) is 11.0. The third kappa shape index (κ3) is 9.30. The van der Waals surface area contributed by atoms with Crippen LogP contribution in [0.15, 0.2) is 0 Å². The molecule has 1 fully saturated rings. The minimum Gasteiger partial charge on any atom is -0.458 e. The second kappa shape index (κ2) is 11.8. The Morgan fingerprint density at radius 3 is 2.06 bits per heavy atom. The Hall–Kier alpha value is -1.91. The first-order chi connectivity index (χ1) is 14.7. The number of carbonyl (C=O) groups is 3. The molecule has 1 heterocycles. The van der Waals surface area contributed by atoms with Crippen molar-refractivity contribution in [2.24, 2.45) is 0 Å². The van der Waals surface area contributed by atoms with Gasteiger partial charge in [0.05, 0.1) is 13.2 Å². The molecule has 0 aromatic heterocycles. The Bertz CT molecular complexity index is 610. The van der Waals surface area contributed by atoms with Gasteiger partial charge in [-0.3, -0.25) is 0 Å². The number of rotatable bonds is 5. The lowest BCUT2D eigenvalue weighted by Crippen LogP contribution is -2.54. The van der Waals surface area contributed by atoms with Gasteiger partial charge < -0.3 is 28.8 Å². The van der Waals surface area contributed by atoms with Crippen LogP contribution in [-0.2, 0) is 28.5 Å². The number of nitrogens with zero attached hydrogens (tertiary/aromatic N) is 1. The predicted octanol–water partition coefficient (Wildman–Crippen LogP) is 3.04. The molecule has 1 rings (SSSR count). The number of hydrogen-bond acceptors (Lipinski definition) is 9. The van der Waals surface area contributed by atoms with Crippen molar-refractivity contribution in [3.63, 3.8) is 0 Å². The molecule has 10 heteroatoms. The van der Waals surface area contributed by atoms with E-state index in [1.807, 2.05) is 6.92 Å². The number of imide groups is 1. The fourth-order valence-corrected chi connectivity index (χ4v) is 2.75. The molecule has 1 aliphatic rings. The molecule has 2 amide bonds. The van der Waals surface area contributed by atoms with E-state index < -0.39 is 53.7 Å².